The van der Waals surface area contributed by atoms with Crippen molar-refractivity contribution in [2.24, 2.45) is 0 Å². The molecule has 1 saturated heterocycles. The zero-order chi connectivity index (χ0) is 25.4. The summed E-state index contributed by atoms with van der Waals surface area (Å²) in [6, 6.07) is 5.93. The Hall–Kier alpha value is -3.67. The van der Waals surface area contributed by atoms with E-state index < -0.39 is 15.7 Å². The topological polar surface area (TPSA) is 124 Å². The minimum Gasteiger partial charge on any atom is -0.474 e. The lowest BCUT2D eigenvalue weighted by Crippen LogP contribution is -2.38. The standard InChI is InChI=1S/C24H25FN6O4S/c1-14(2)21-29-24(35-30-21)31-10-7-15(8-11-31)34-23-18-6-9-26-13-20(18)27-22(28-23)17-5-4-16(12-19(17)25)36(3,32)33/h4-6,9,12-15H,7-8,10-11H2,1-3H3. The Kier molecular flexibility index (Phi) is 6.29. The summed E-state index contributed by atoms with van der Waals surface area (Å²) in [5, 5.41) is 4.69. The summed E-state index contributed by atoms with van der Waals surface area (Å²) in [4.78, 5) is 19.5. The molecule has 1 fully saturated rings. The van der Waals surface area contributed by atoms with Crippen molar-refractivity contribution in [2.75, 3.05) is 24.2 Å². The normalized spacial score (nSPS) is 15.1. The largest absolute Gasteiger partial charge is 0.474 e. The second-order valence-electron chi connectivity index (χ2n) is 9.05. The SMILES string of the molecule is CC(C)c1noc(N2CCC(Oc3nc(-c4ccc(S(C)(=O)=O)cc4F)nc4cnccc34)CC2)n1. The van der Waals surface area contributed by atoms with Crippen molar-refractivity contribution in [1.29, 1.82) is 0 Å². The van der Waals surface area contributed by atoms with Crippen molar-refractivity contribution >= 4 is 26.8 Å². The Morgan fingerprint density at radius 2 is 1.92 bits per heavy atom. The lowest BCUT2D eigenvalue weighted by Gasteiger charge is -2.30. The average Bonchev–Trinajstić information content (AvgIpc) is 3.35. The van der Waals surface area contributed by atoms with E-state index in [0.29, 0.717) is 54.6 Å². The van der Waals surface area contributed by atoms with Gasteiger partial charge < -0.3 is 14.2 Å². The van der Waals surface area contributed by atoms with Gasteiger partial charge in [0.2, 0.25) is 5.88 Å². The molecule has 12 heteroatoms. The van der Waals surface area contributed by atoms with Crippen LogP contribution in [0.5, 0.6) is 5.88 Å². The van der Waals surface area contributed by atoms with Crippen LogP contribution < -0.4 is 9.64 Å². The molecular formula is C24H25FN6O4S. The van der Waals surface area contributed by atoms with Gasteiger partial charge >= 0.3 is 6.01 Å². The van der Waals surface area contributed by atoms with Crippen LogP contribution in [0, 0.1) is 5.82 Å². The lowest BCUT2D eigenvalue weighted by atomic mass is 10.1. The number of piperidine rings is 1. The van der Waals surface area contributed by atoms with Crippen molar-refractivity contribution in [3.63, 3.8) is 0 Å². The Bertz CT molecular complexity index is 1520. The fourth-order valence-corrected chi connectivity index (χ4v) is 4.61. The molecule has 0 saturated carbocycles. The highest BCUT2D eigenvalue weighted by Gasteiger charge is 2.26. The number of benzene rings is 1. The maximum absolute atomic E-state index is 14.9. The molecule has 0 aliphatic carbocycles. The Morgan fingerprint density at radius 3 is 2.58 bits per heavy atom. The van der Waals surface area contributed by atoms with Gasteiger partial charge in [-0.1, -0.05) is 19.0 Å². The number of sulfone groups is 1. The number of rotatable bonds is 6. The zero-order valence-corrected chi connectivity index (χ0v) is 20.9. The van der Waals surface area contributed by atoms with Crippen LogP contribution >= 0.6 is 0 Å². The average molecular weight is 513 g/mol. The molecule has 10 nitrogen and oxygen atoms in total. The molecule has 4 heterocycles. The lowest BCUT2D eigenvalue weighted by molar-refractivity contribution is 0.164. The fraction of sp³-hybridized carbons (Fsp3) is 0.375. The maximum atomic E-state index is 14.9. The van der Waals surface area contributed by atoms with Crippen LogP contribution in [0.3, 0.4) is 0 Å². The minimum atomic E-state index is -3.55. The first-order valence-corrected chi connectivity index (χ1v) is 13.4. The smallest absolute Gasteiger partial charge is 0.324 e. The molecule has 1 aromatic carbocycles. The number of hydrogen-bond acceptors (Lipinski definition) is 10. The summed E-state index contributed by atoms with van der Waals surface area (Å²) in [6.45, 7) is 5.36. The van der Waals surface area contributed by atoms with Crippen molar-refractivity contribution in [1.82, 2.24) is 25.1 Å². The third kappa shape index (κ3) is 4.85. The minimum absolute atomic E-state index is 0.0742. The number of halogens is 1. The molecule has 0 N–H and O–H groups in total. The van der Waals surface area contributed by atoms with Gasteiger partial charge in [-0.2, -0.15) is 9.97 Å². The summed E-state index contributed by atoms with van der Waals surface area (Å²) < 4.78 is 50.1. The molecule has 36 heavy (non-hydrogen) atoms. The number of hydrogen-bond donors (Lipinski definition) is 0. The predicted molar refractivity (Wildman–Crippen MR) is 130 cm³/mol. The van der Waals surface area contributed by atoms with Gasteiger partial charge in [0.15, 0.2) is 21.5 Å². The molecule has 4 aromatic rings. The van der Waals surface area contributed by atoms with Crippen molar-refractivity contribution in [3.8, 4) is 17.3 Å². The molecule has 0 spiro atoms. The van der Waals surface area contributed by atoms with Gasteiger partial charge in [0.1, 0.15) is 11.9 Å². The van der Waals surface area contributed by atoms with E-state index in [0.717, 1.165) is 12.3 Å². The van der Waals surface area contributed by atoms with Crippen LogP contribution in [-0.2, 0) is 9.84 Å². The predicted octanol–water partition coefficient (Wildman–Crippen LogP) is 3.79. The molecule has 1 aliphatic rings. The zero-order valence-electron chi connectivity index (χ0n) is 20.0. The Balaban J connectivity index is 1.39. The maximum Gasteiger partial charge on any atom is 0.324 e. The molecule has 0 radical (unpaired) electrons. The van der Waals surface area contributed by atoms with Crippen LogP contribution in [0.4, 0.5) is 10.4 Å². The highest BCUT2D eigenvalue weighted by Crippen LogP contribution is 2.31. The quantitative estimate of drug-likeness (QED) is 0.377. The number of nitrogens with zero attached hydrogens (tertiary/aromatic N) is 6. The van der Waals surface area contributed by atoms with Gasteiger partial charge in [0.25, 0.3) is 0 Å². The third-order valence-corrected chi connectivity index (χ3v) is 7.12. The van der Waals surface area contributed by atoms with E-state index in [4.69, 9.17) is 9.26 Å². The number of ether oxygens (including phenoxy) is 1. The van der Waals surface area contributed by atoms with Crippen molar-refractivity contribution < 1.29 is 22.1 Å². The van der Waals surface area contributed by atoms with Crippen LogP contribution in [0.25, 0.3) is 22.3 Å². The molecule has 0 unspecified atom stereocenters. The first-order chi connectivity index (χ1) is 17.2. The number of pyridine rings is 1. The summed E-state index contributed by atoms with van der Waals surface area (Å²) in [7, 11) is -3.55. The molecule has 5 rings (SSSR count). The van der Waals surface area contributed by atoms with Gasteiger partial charge in [-0.25, -0.2) is 17.8 Å². The van der Waals surface area contributed by atoms with Gasteiger partial charge in [0.05, 0.1) is 27.6 Å². The highest BCUT2D eigenvalue weighted by atomic mass is 32.2. The summed E-state index contributed by atoms with van der Waals surface area (Å²) in [5.41, 5.74) is 0.568. The first kappa shape index (κ1) is 24.0. The molecule has 1 aliphatic heterocycles. The van der Waals surface area contributed by atoms with E-state index in [1.807, 2.05) is 18.7 Å². The monoisotopic (exact) mass is 512 g/mol. The molecule has 188 valence electrons. The fourth-order valence-electron chi connectivity index (χ4n) is 3.98. The second-order valence-corrected chi connectivity index (χ2v) is 11.1. The van der Waals surface area contributed by atoms with E-state index >= 15 is 0 Å². The highest BCUT2D eigenvalue weighted by molar-refractivity contribution is 7.90. The van der Waals surface area contributed by atoms with E-state index in [1.54, 1.807) is 18.5 Å². The number of anilines is 1. The van der Waals surface area contributed by atoms with E-state index in [9.17, 15) is 12.8 Å². The summed E-state index contributed by atoms with van der Waals surface area (Å²) >= 11 is 0. The molecular weight excluding hydrogens is 487 g/mol. The molecule has 3 aromatic heterocycles. The van der Waals surface area contributed by atoms with Crippen LogP contribution in [-0.4, -0.2) is 59.0 Å². The number of fused-ring (bicyclic) bond motifs is 1. The van der Waals surface area contributed by atoms with E-state index in [2.05, 4.69) is 25.1 Å². The van der Waals surface area contributed by atoms with Gasteiger partial charge in [0, 0.05) is 44.3 Å². The van der Waals surface area contributed by atoms with E-state index in [-0.39, 0.29) is 28.3 Å². The van der Waals surface area contributed by atoms with Crippen LogP contribution in [0.1, 0.15) is 38.4 Å². The molecule has 0 atom stereocenters. The van der Waals surface area contributed by atoms with Crippen LogP contribution in [0.15, 0.2) is 46.1 Å². The van der Waals surface area contributed by atoms with Gasteiger partial charge in [-0.3, -0.25) is 4.98 Å². The first-order valence-electron chi connectivity index (χ1n) is 11.6. The van der Waals surface area contributed by atoms with Crippen molar-refractivity contribution in [2.45, 2.75) is 43.6 Å². The number of aromatic nitrogens is 5. The third-order valence-electron chi connectivity index (χ3n) is 6.01. The second kappa shape index (κ2) is 9.41. The summed E-state index contributed by atoms with van der Waals surface area (Å²) in [5.74, 6) is 0.537. The Morgan fingerprint density at radius 1 is 1.14 bits per heavy atom. The Labute approximate surface area is 207 Å². The van der Waals surface area contributed by atoms with Gasteiger partial charge in [-0.15, -0.1) is 0 Å². The van der Waals surface area contributed by atoms with Gasteiger partial charge in [-0.05, 0) is 24.3 Å². The molecule has 0 amide bonds. The van der Waals surface area contributed by atoms with Crippen LogP contribution in [0.2, 0.25) is 0 Å². The van der Waals surface area contributed by atoms with Crippen molar-refractivity contribution in [3.05, 3.63) is 48.3 Å². The summed E-state index contributed by atoms with van der Waals surface area (Å²) in [6.07, 6.45) is 5.46. The van der Waals surface area contributed by atoms with E-state index in [1.165, 1.54) is 12.1 Å². The molecule has 0 bridgehead atoms.